The average Bonchev–Trinajstić information content (AvgIpc) is 2.47. The van der Waals surface area contributed by atoms with Crippen molar-refractivity contribution in [2.75, 3.05) is 5.43 Å². The van der Waals surface area contributed by atoms with E-state index in [0.717, 1.165) is 18.2 Å². The molecule has 0 radical (unpaired) electrons. The second-order valence-corrected chi connectivity index (χ2v) is 4.32. The van der Waals surface area contributed by atoms with E-state index in [9.17, 15) is 13.6 Å². The Kier molecular flexibility index (Phi) is 4.27. The van der Waals surface area contributed by atoms with Crippen LogP contribution in [0.5, 0.6) is 0 Å². The zero-order chi connectivity index (χ0) is 15.4. The molecule has 0 saturated carbocycles. The number of hydrogen-bond donors (Lipinski definition) is 2. The second-order valence-electron chi connectivity index (χ2n) is 4.32. The number of hydrogen-bond acceptors (Lipinski definition) is 3. The molecule has 108 valence electrons. The topological polar surface area (TPSA) is 61.7 Å². The van der Waals surface area contributed by atoms with Crippen molar-refractivity contribution in [3.63, 3.8) is 0 Å². The van der Waals surface area contributed by atoms with Crippen molar-refractivity contribution in [2.24, 2.45) is 5.10 Å². The van der Waals surface area contributed by atoms with Crippen molar-refractivity contribution in [3.05, 3.63) is 65.2 Å². The van der Waals surface area contributed by atoms with E-state index in [1.165, 1.54) is 31.2 Å². The summed E-state index contributed by atoms with van der Waals surface area (Å²) in [4.78, 5) is 10.7. The van der Waals surface area contributed by atoms with Crippen LogP contribution in [0.1, 0.15) is 22.8 Å². The first-order valence-electron chi connectivity index (χ1n) is 6.06. The molecule has 0 unspecified atom stereocenters. The van der Waals surface area contributed by atoms with Crippen molar-refractivity contribution in [2.45, 2.75) is 6.92 Å². The number of carboxylic acids is 1. The maximum atomic E-state index is 13.5. The molecule has 0 atom stereocenters. The van der Waals surface area contributed by atoms with Gasteiger partial charge < -0.3 is 5.11 Å². The van der Waals surface area contributed by atoms with Crippen LogP contribution in [0.25, 0.3) is 0 Å². The molecule has 21 heavy (non-hydrogen) atoms. The highest BCUT2D eigenvalue weighted by Crippen LogP contribution is 2.13. The number of aromatic carboxylic acids is 1. The zero-order valence-corrected chi connectivity index (χ0v) is 11.1. The Morgan fingerprint density at radius 1 is 1.14 bits per heavy atom. The van der Waals surface area contributed by atoms with Crippen molar-refractivity contribution < 1.29 is 18.7 Å². The van der Waals surface area contributed by atoms with Gasteiger partial charge in [-0.1, -0.05) is 0 Å². The first-order valence-corrected chi connectivity index (χ1v) is 6.06. The fraction of sp³-hybridized carbons (Fsp3) is 0.0667. The molecule has 0 heterocycles. The van der Waals surface area contributed by atoms with Crippen LogP contribution in [0.3, 0.4) is 0 Å². The lowest BCUT2D eigenvalue weighted by atomic mass is 10.1. The summed E-state index contributed by atoms with van der Waals surface area (Å²) in [5, 5.41) is 12.7. The number of hydrazone groups is 1. The van der Waals surface area contributed by atoms with Gasteiger partial charge in [0.2, 0.25) is 0 Å². The summed E-state index contributed by atoms with van der Waals surface area (Å²) < 4.78 is 26.6. The summed E-state index contributed by atoms with van der Waals surface area (Å²) in [5.41, 5.74) is 3.68. The van der Waals surface area contributed by atoms with Crippen LogP contribution >= 0.6 is 0 Å². The summed E-state index contributed by atoms with van der Waals surface area (Å²) in [6.45, 7) is 1.54. The number of carbonyl (C=O) groups is 1. The van der Waals surface area contributed by atoms with Crippen LogP contribution in [0, 0.1) is 11.6 Å². The van der Waals surface area contributed by atoms with E-state index < -0.39 is 17.6 Å². The molecule has 0 saturated heterocycles. The summed E-state index contributed by atoms with van der Waals surface area (Å²) in [6.07, 6.45) is 0. The third-order valence-electron chi connectivity index (χ3n) is 2.80. The minimum atomic E-state index is -1.02. The molecule has 0 aliphatic rings. The highest BCUT2D eigenvalue weighted by Gasteiger charge is 2.07. The second kappa shape index (κ2) is 6.13. The fourth-order valence-electron chi connectivity index (χ4n) is 1.67. The summed E-state index contributed by atoms with van der Waals surface area (Å²) in [7, 11) is 0. The van der Waals surface area contributed by atoms with Crippen LogP contribution in [-0.4, -0.2) is 16.8 Å². The molecular formula is C15H12F2N2O2. The Morgan fingerprint density at radius 2 is 1.81 bits per heavy atom. The number of rotatable bonds is 4. The maximum absolute atomic E-state index is 13.5. The van der Waals surface area contributed by atoms with Crippen LogP contribution < -0.4 is 5.43 Å². The first kappa shape index (κ1) is 14.6. The van der Waals surface area contributed by atoms with E-state index in [1.54, 1.807) is 0 Å². The van der Waals surface area contributed by atoms with Crippen LogP contribution in [0.15, 0.2) is 47.6 Å². The van der Waals surface area contributed by atoms with E-state index >= 15 is 0 Å². The average molecular weight is 290 g/mol. The van der Waals surface area contributed by atoms with Crippen LogP contribution in [0.4, 0.5) is 14.5 Å². The van der Waals surface area contributed by atoms with Gasteiger partial charge in [0.05, 0.1) is 17.0 Å². The normalized spacial score (nSPS) is 11.3. The molecule has 0 spiro atoms. The lowest BCUT2D eigenvalue weighted by molar-refractivity contribution is 0.0697. The highest BCUT2D eigenvalue weighted by atomic mass is 19.1. The summed E-state index contributed by atoms with van der Waals surface area (Å²) >= 11 is 0. The molecule has 0 fully saturated rings. The van der Waals surface area contributed by atoms with E-state index in [1.807, 2.05) is 0 Å². The molecule has 0 aliphatic carbocycles. The Hall–Kier alpha value is -2.76. The molecule has 4 nitrogen and oxygen atoms in total. The van der Waals surface area contributed by atoms with Crippen molar-refractivity contribution in [1.29, 1.82) is 0 Å². The molecule has 0 aromatic heterocycles. The number of anilines is 1. The molecule has 0 aliphatic heterocycles. The lowest BCUT2D eigenvalue weighted by Gasteiger charge is -2.05. The Bertz CT molecular complexity index is 697. The van der Waals surface area contributed by atoms with Gasteiger partial charge in [0.1, 0.15) is 11.6 Å². The number of carboxylic acid groups (broad SMARTS) is 1. The molecule has 2 rings (SSSR count). The third kappa shape index (κ3) is 3.62. The molecule has 0 amide bonds. The van der Waals surface area contributed by atoms with E-state index in [0.29, 0.717) is 5.69 Å². The zero-order valence-electron chi connectivity index (χ0n) is 11.1. The van der Waals surface area contributed by atoms with Gasteiger partial charge in [0.15, 0.2) is 0 Å². The third-order valence-corrected chi connectivity index (χ3v) is 2.80. The van der Waals surface area contributed by atoms with E-state index in [4.69, 9.17) is 5.11 Å². The SMILES string of the molecule is C/C(=N/Nc1ccc(C(=O)O)cc1)c1cc(F)ccc1F. The predicted octanol–water partition coefficient (Wildman–Crippen LogP) is 3.50. The van der Waals surface area contributed by atoms with Gasteiger partial charge in [-0.2, -0.15) is 5.10 Å². The number of nitrogens with zero attached hydrogens (tertiary/aromatic N) is 1. The molecule has 2 aromatic rings. The minimum Gasteiger partial charge on any atom is -0.478 e. The van der Waals surface area contributed by atoms with E-state index in [2.05, 4.69) is 10.5 Å². The summed E-state index contributed by atoms with van der Waals surface area (Å²) in [6, 6.07) is 9.01. The smallest absolute Gasteiger partial charge is 0.335 e. The van der Waals surface area contributed by atoms with Crippen LogP contribution in [-0.2, 0) is 0 Å². The van der Waals surface area contributed by atoms with Gasteiger partial charge in [-0.15, -0.1) is 0 Å². The van der Waals surface area contributed by atoms with Gasteiger partial charge in [-0.05, 0) is 49.4 Å². The molecule has 2 aromatic carbocycles. The summed E-state index contributed by atoms with van der Waals surface area (Å²) in [5.74, 6) is -2.14. The standard InChI is InChI=1S/C15H12F2N2O2/c1-9(13-8-11(16)4-7-14(13)17)18-19-12-5-2-10(3-6-12)15(20)21/h2-8,19H,1H3,(H,20,21)/b18-9-. The largest absolute Gasteiger partial charge is 0.478 e. The van der Waals surface area contributed by atoms with Gasteiger partial charge in [-0.3, -0.25) is 5.43 Å². The van der Waals surface area contributed by atoms with Crippen molar-refractivity contribution in [1.82, 2.24) is 0 Å². The number of halogens is 2. The van der Waals surface area contributed by atoms with Gasteiger partial charge >= 0.3 is 5.97 Å². The number of nitrogens with one attached hydrogen (secondary N) is 1. The first-order chi connectivity index (χ1) is 9.97. The molecule has 6 heteroatoms. The Labute approximate surface area is 119 Å². The van der Waals surface area contributed by atoms with Crippen LogP contribution in [0.2, 0.25) is 0 Å². The molecule has 2 N–H and O–H groups in total. The van der Waals surface area contributed by atoms with E-state index in [-0.39, 0.29) is 16.8 Å². The quantitative estimate of drug-likeness (QED) is 0.669. The monoisotopic (exact) mass is 290 g/mol. The van der Waals surface area contributed by atoms with Crippen molar-refractivity contribution >= 4 is 17.4 Å². The predicted molar refractivity (Wildman–Crippen MR) is 75.6 cm³/mol. The molecular weight excluding hydrogens is 278 g/mol. The highest BCUT2D eigenvalue weighted by molar-refractivity contribution is 5.99. The minimum absolute atomic E-state index is 0.0599. The lowest BCUT2D eigenvalue weighted by Crippen LogP contribution is -2.03. The maximum Gasteiger partial charge on any atom is 0.335 e. The van der Waals surface area contributed by atoms with Crippen molar-refractivity contribution in [3.8, 4) is 0 Å². The van der Waals surface area contributed by atoms with Gasteiger partial charge in [-0.25, -0.2) is 13.6 Å². The van der Waals surface area contributed by atoms with Gasteiger partial charge in [0, 0.05) is 5.56 Å². The van der Waals surface area contributed by atoms with Gasteiger partial charge in [0.25, 0.3) is 0 Å². The Morgan fingerprint density at radius 3 is 2.43 bits per heavy atom. The fourth-order valence-corrected chi connectivity index (χ4v) is 1.67. The number of benzene rings is 2. The Balaban J connectivity index is 2.16. The molecule has 0 bridgehead atoms.